The summed E-state index contributed by atoms with van der Waals surface area (Å²) >= 11 is 0. The van der Waals surface area contributed by atoms with Crippen molar-refractivity contribution in [3.63, 3.8) is 0 Å². The molecule has 0 saturated heterocycles. The minimum atomic E-state index is -0.710. The van der Waals surface area contributed by atoms with Crippen molar-refractivity contribution in [3.05, 3.63) is 0 Å². The van der Waals surface area contributed by atoms with E-state index in [4.69, 9.17) is 5.11 Å². The van der Waals surface area contributed by atoms with Crippen LogP contribution in [0.3, 0.4) is 0 Å². The number of amides is 1. The van der Waals surface area contributed by atoms with E-state index in [9.17, 15) is 14.4 Å². The molecule has 0 aliphatic rings. The molecule has 0 saturated carbocycles. The molecule has 0 aromatic heterocycles. The molecular weight excluding hydrogens is 198 g/mol. The fourth-order valence-electron chi connectivity index (χ4n) is 1.25. The maximum atomic E-state index is 11.3. The number of carbonyl (C=O) groups is 3. The van der Waals surface area contributed by atoms with Crippen molar-refractivity contribution >= 4 is 18.0 Å². The molecule has 0 fully saturated rings. The van der Waals surface area contributed by atoms with E-state index in [1.54, 1.807) is 0 Å². The van der Waals surface area contributed by atoms with E-state index in [2.05, 4.69) is 5.32 Å². The van der Waals surface area contributed by atoms with E-state index in [0.29, 0.717) is 25.7 Å². The lowest BCUT2D eigenvalue weighted by Gasteiger charge is -2.12. The number of hydrogen-bond acceptors (Lipinski definition) is 4. The number of ketones is 2. The smallest absolute Gasteiger partial charge is 0.220 e. The number of Topliss-reactive ketones (excluding diaryl/α,β-unsaturated/α-hetero) is 2. The van der Waals surface area contributed by atoms with Crippen LogP contribution in [-0.4, -0.2) is 35.7 Å². The molecule has 0 spiro atoms. The molecule has 0 aliphatic carbocycles. The van der Waals surface area contributed by atoms with Gasteiger partial charge in [0.15, 0.2) is 5.78 Å². The summed E-state index contributed by atoms with van der Waals surface area (Å²) in [6, 6.07) is -0.710. The predicted molar refractivity (Wildman–Crippen MR) is 54.2 cm³/mol. The van der Waals surface area contributed by atoms with Gasteiger partial charge in [0.1, 0.15) is 0 Å². The first-order chi connectivity index (χ1) is 7.13. The second-order valence-corrected chi connectivity index (χ2v) is 3.33. The Labute approximate surface area is 88.9 Å². The lowest BCUT2D eigenvalue weighted by molar-refractivity contribution is -0.137. The van der Waals surface area contributed by atoms with E-state index in [0.717, 1.165) is 6.42 Å². The van der Waals surface area contributed by atoms with Crippen LogP contribution in [0.4, 0.5) is 0 Å². The van der Waals surface area contributed by atoms with Gasteiger partial charge in [-0.05, 0) is 12.8 Å². The average Bonchev–Trinajstić information content (AvgIpc) is 2.21. The Kier molecular flexibility index (Phi) is 7.44. The fourth-order valence-corrected chi connectivity index (χ4v) is 1.25. The summed E-state index contributed by atoms with van der Waals surface area (Å²) in [4.78, 5) is 32.3. The van der Waals surface area contributed by atoms with Gasteiger partial charge in [0.05, 0.1) is 6.04 Å². The first kappa shape index (κ1) is 13.8. The van der Waals surface area contributed by atoms with E-state index in [1.165, 1.54) is 6.92 Å². The molecule has 0 aromatic rings. The maximum absolute atomic E-state index is 11.3. The van der Waals surface area contributed by atoms with Crippen molar-refractivity contribution in [2.24, 2.45) is 0 Å². The molecule has 86 valence electrons. The molecule has 0 aromatic carbocycles. The van der Waals surface area contributed by atoms with Gasteiger partial charge < -0.3 is 10.4 Å². The topological polar surface area (TPSA) is 83.5 Å². The lowest BCUT2D eigenvalue weighted by atomic mass is 10.0. The summed E-state index contributed by atoms with van der Waals surface area (Å²) in [5.74, 6) is -1.11. The number of aliphatic hydroxyl groups is 1. The number of rotatable bonds is 9. The molecule has 5 nitrogen and oxygen atoms in total. The van der Waals surface area contributed by atoms with Gasteiger partial charge >= 0.3 is 0 Å². The first-order valence-corrected chi connectivity index (χ1v) is 4.98. The lowest BCUT2D eigenvalue weighted by Crippen LogP contribution is -2.39. The summed E-state index contributed by atoms with van der Waals surface area (Å²) in [6.07, 6.45) is 3.01. The van der Waals surface area contributed by atoms with Crippen LogP contribution >= 0.6 is 0 Å². The first-order valence-electron chi connectivity index (χ1n) is 4.98. The highest BCUT2D eigenvalue weighted by molar-refractivity contribution is 6.38. The summed E-state index contributed by atoms with van der Waals surface area (Å²) < 4.78 is 0. The Morgan fingerprint density at radius 1 is 1.33 bits per heavy atom. The number of nitrogens with one attached hydrogen (secondary N) is 1. The van der Waals surface area contributed by atoms with Gasteiger partial charge in [-0.15, -0.1) is 0 Å². The van der Waals surface area contributed by atoms with Crippen molar-refractivity contribution in [1.29, 1.82) is 0 Å². The molecule has 15 heavy (non-hydrogen) atoms. The van der Waals surface area contributed by atoms with Gasteiger partial charge in [0.2, 0.25) is 12.2 Å². The third-order valence-corrected chi connectivity index (χ3v) is 2.08. The summed E-state index contributed by atoms with van der Waals surface area (Å²) in [7, 11) is 0. The van der Waals surface area contributed by atoms with Crippen LogP contribution in [-0.2, 0) is 14.4 Å². The molecule has 5 heteroatoms. The van der Waals surface area contributed by atoms with Crippen molar-refractivity contribution in [1.82, 2.24) is 5.32 Å². The highest BCUT2D eigenvalue weighted by Crippen LogP contribution is 2.04. The molecule has 0 rings (SSSR count). The number of aliphatic hydroxyl groups excluding tert-OH is 1. The molecule has 0 aliphatic heterocycles. The van der Waals surface area contributed by atoms with Gasteiger partial charge in [-0.2, -0.15) is 0 Å². The van der Waals surface area contributed by atoms with Gasteiger partial charge in [0.25, 0.3) is 0 Å². The van der Waals surface area contributed by atoms with E-state index in [-0.39, 0.29) is 6.61 Å². The third kappa shape index (κ3) is 5.96. The van der Waals surface area contributed by atoms with Crippen molar-refractivity contribution in [3.8, 4) is 0 Å². The summed E-state index contributed by atoms with van der Waals surface area (Å²) in [5, 5.41) is 10.9. The zero-order chi connectivity index (χ0) is 11.7. The van der Waals surface area contributed by atoms with Crippen LogP contribution in [0.25, 0.3) is 0 Å². The largest absolute Gasteiger partial charge is 0.396 e. The Bertz CT molecular complexity index is 227. The van der Waals surface area contributed by atoms with Crippen LogP contribution < -0.4 is 5.32 Å². The number of hydrogen-bond donors (Lipinski definition) is 2. The Morgan fingerprint density at radius 3 is 2.47 bits per heavy atom. The maximum Gasteiger partial charge on any atom is 0.220 e. The summed E-state index contributed by atoms with van der Waals surface area (Å²) in [6.45, 7) is 1.31. The zero-order valence-corrected chi connectivity index (χ0v) is 8.86. The van der Waals surface area contributed by atoms with E-state index < -0.39 is 17.6 Å². The predicted octanol–water partition coefficient (Wildman–Crippen LogP) is -0.188. The van der Waals surface area contributed by atoms with Gasteiger partial charge in [-0.25, -0.2) is 0 Å². The molecule has 1 amide bonds. The molecular formula is C10H17NO4. The van der Waals surface area contributed by atoms with Crippen LogP contribution in [0.1, 0.15) is 32.6 Å². The van der Waals surface area contributed by atoms with Gasteiger partial charge in [-0.1, -0.05) is 12.8 Å². The van der Waals surface area contributed by atoms with Crippen LogP contribution in [0, 0.1) is 0 Å². The standard InChI is InChI=1S/C10H17NO4/c1-8(14)10(15)9(11-7-13)5-3-2-4-6-12/h7,9,12H,2-6H2,1H3,(H,11,13)/t9-/m0/s1. The average molecular weight is 215 g/mol. The quantitative estimate of drug-likeness (QED) is 0.317. The normalized spacial score (nSPS) is 11.9. The zero-order valence-electron chi connectivity index (χ0n) is 8.86. The molecule has 0 bridgehead atoms. The van der Waals surface area contributed by atoms with Gasteiger partial charge in [0, 0.05) is 13.5 Å². The van der Waals surface area contributed by atoms with Crippen molar-refractivity contribution < 1.29 is 19.5 Å². The highest BCUT2D eigenvalue weighted by atomic mass is 16.3. The Balaban J connectivity index is 3.98. The molecule has 0 heterocycles. The van der Waals surface area contributed by atoms with Crippen LogP contribution in [0.5, 0.6) is 0 Å². The van der Waals surface area contributed by atoms with Crippen LogP contribution in [0.2, 0.25) is 0 Å². The second kappa shape index (κ2) is 8.11. The Morgan fingerprint density at radius 2 is 2.00 bits per heavy atom. The second-order valence-electron chi connectivity index (χ2n) is 3.33. The Hall–Kier alpha value is -1.23. The fraction of sp³-hybridized carbons (Fsp3) is 0.700. The van der Waals surface area contributed by atoms with Crippen molar-refractivity contribution in [2.75, 3.05) is 6.61 Å². The third-order valence-electron chi connectivity index (χ3n) is 2.08. The van der Waals surface area contributed by atoms with Crippen LogP contribution in [0.15, 0.2) is 0 Å². The van der Waals surface area contributed by atoms with E-state index in [1.807, 2.05) is 0 Å². The summed E-state index contributed by atoms with van der Waals surface area (Å²) in [5.41, 5.74) is 0. The highest BCUT2D eigenvalue weighted by Gasteiger charge is 2.20. The molecule has 1 atom stereocenters. The SMILES string of the molecule is CC(=O)C(=O)[C@H](CCCCCO)NC=O. The van der Waals surface area contributed by atoms with E-state index >= 15 is 0 Å². The monoisotopic (exact) mass is 215 g/mol. The van der Waals surface area contributed by atoms with Gasteiger partial charge in [-0.3, -0.25) is 14.4 Å². The molecule has 2 N–H and O–H groups in total. The van der Waals surface area contributed by atoms with Crippen molar-refractivity contribution in [2.45, 2.75) is 38.6 Å². The number of carbonyl (C=O) groups excluding carboxylic acids is 3. The minimum absolute atomic E-state index is 0.117. The molecule has 0 radical (unpaired) electrons. The number of unbranched alkanes of at least 4 members (excludes halogenated alkanes) is 2. The molecule has 0 unspecified atom stereocenters. The minimum Gasteiger partial charge on any atom is -0.396 e.